The van der Waals surface area contributed by atoms with E-state index < -0.39 is 0 Å². The Labute approximate surface area is 153 Å². The minimum Gasteiger partial charge on any atom is -0.488 e. The number of benzene rings is 2. The summed E-state index contributed by atoms with van der Waals surface area (Å²) in [6.07, 6.45) is 4.82. The largest absolute Gasteiger partial charge is 0.488 e. The zero-order valence-corrected chi connectivity index (χ0v) is 15.3. The summed E-state index contributed by atoms with van der Waals surface area (Å²) in [6.45, 7) is 4.70. The molecule has 1 heterocycles. The molecule has 1 aliphatic rings. The number of hydrogen-bond donors (Lipinski definition) is 0. The summed E-state index contributed by atoms with van der Waals surface area (Å²) in [5.74, 6) is 0.402. The van der Waals surface area contributed by atoms with Gasteiger partial charge in [0.1, 0.15) is 6.61 Å². The summed E-state index contributed by atoms with van der Waals surface area (Å²) < 4.78 is 26.1. The van der Waals surface area contributed by atoms with Crippen LogP contribution in [0.1, 0.15) is 23.1 Å². The fourth-order valence-corrected chi connectivity index (χ4v) is 3.32. The van der Waals surface area contributed by atoms with Crippen LogP contribution in [0.5, 0.6) is 5.75 Å². The van der Waals surface area contributed by atoms with Gasteiger partial charge in [-0.2, -0.15) is 0 Å². The molecule has 3 rings (SSSR count). The van der Waals surface area contributed by atoms with Gasteiger partial charge in [0.15, 0.2) is 11.6 Å². The first-order valence-corrected chi connectivity index (χ1v) is 8.98. The summed E-state index contributed by atoms with van der Waals surface area (Å²) >= 11 is 5.93. The highest BCUT2D eigenvalue weighted by molar-refractivity contribution is 6.17. The third-order valence-corrected chi connectivity index (χ3v) is 4.76. The van der Waals surface area contributed by atoms with Gasteiger partial charge in [-0.15, -0.1) is 11.6 Å². The van der Waals surface area contributed by atoms with E-state index in [2.05, 4.69) is 6.08 Å². The summed E-state index contributed by atoms with van der Waals surface area (Å²) in [4.78, 5) is 0. The number of rotatable bonds is 5. The Hall–Kier alpha value is -1.84. The minimum absolute atomic E-state index is 0.0231. The lowest BCUT2D eigenvalue weighted by Crippen LogP contribution is -2.23. The topological polar surface area (TPSA) is 18.5 Å². The Morgan fingerprint density at radius 1 is 1.24 bits per heavy atom. The van der Waals surface area contributed by atoms with Gasteiger partial charge < -0.3 is 9.47 Å². The molecule has 0 amide bonds. The van der Waals surface area contributed by atoms with Crippen molar-refractivity contribution in [2.24, 2.45) is 0 Å². The van der Waals surface area contributed by atoms with Crippen molar-refractivity contribution in [2.45, 2.75) is 32.3 Å². The van der Waals surface area contributed by atoms with Gasteiger partial charge in [0.05, 0.1) is 12.7 Å². The predicted octanol–water partition coefficient (Wildman–Crippen LogP) is 5.57. The van der Waals surface area contributed by atoms with Crippen molar-refractivity contribution in [2.75, 3.05) is 13.2 Å². The molecular formula is C21H22ClFO2. The third kappa shape index (κ3) is 4.05. The minimum atomic E-state index is -0.316. The van der Waals surface area contributed by atoms with Crippen LogP contribution in [0.2, 0.25) is 0 Å². The number of alkyl halides is 1. The fraction of sp³-hybridized carbons (Fsp3) is 0.333. The van der Waals surface area contributed by atoms with Crippen LogP contribution in [0.15, 0.2) is 42.5 Å². The van der Waals surface area contributed by atoms with Crippen LogP contribution in [-0.4, -0.2) is 19.3 Å². The molecule has 25 heavy (non-hydrogen) atoms. The van der Waals surface area contributed by atoms with Crippen LogP contribution in [0.4, 0.5) is 4.39 Å². The van der Waals surface area contributed by atoms with Crippen LogP contribution in [0.25, 0.3) is 11.1 Å². The molecule has 0 fully saturated rings. The standard InChI is InChI=1S/C21H22ClFO2/c1-14-10-19(25-13-18-8-3-4-9-24-18)21(23)15(2)20(14)17-7-5-6-16(11-17)12-22/h3-7,10-11,18H,8-9,12-13H2,1-2H3/t18-/m0/s1. The Bertz CT molecular complexity index is 786. The van der Waals surface area contributed by atoms with Gasteiger partial charge in [-0.25, -0.2) is 4.39 Å². The van der Waals surface area contributed by atoms with Crippen molar-refractivity contribution in [3.63, 3.8) is 0 Å². The molecule has 0 spiro atoms. The lowest BCUT2D eigenvalue weighted by Gasteiger charge is -2.21. The average molecular weight is 361 g/mol. The average Bonchev–Trinajstić information content (AvgIpc) is 2.64. The first-order valence-electron chi connectivity index (χ1n) is 8.44. The quantitative estimate of drug-likeness (QED) is 0.512. The molecule has 1 atom stereocenters. The SMILES string of the molecule is Cc1cc(OC[C@@H]2CC=CCO2)c(F)c(C)c1-c1cccc(CCl)c1. The molecule has 2 aromatic rings. The van der Waals surface area contributed by atoms with E-state index in [0.717, 1.165) is 28.7 Å². The lowest BCUT2D eigenvalue weighted by molar-refractivity contribution is 0.0306. The Morgan fingerprint density at radius 3 is 2.80 bits per heavy atom. The summed E-state index contributed by atoms with van der Waals surface area (Å²) in [5, 5.41) is 0. The van der Waals surface area contributed by atoms with Crippen LogP contribution >= 0.6 is 11.6 Å². The van der Waals surface area contributed by atoms with Gasteiger partial charge in [0.2, 0.25) is 0 Å². The number of hydrogen-bond acceptors (Lipinski definition) is 2. The van der Waals surface area contributed by atoms with E-state index in [1.54, 1.807) is 13.0 Å². The van der Waals surface area contributed by atoms with Crippen LogP contribution in [-0.2, 0) is 10.6 Å². The second-order valence-electron chi connectivity index (χ2n) is 6.31. The Balaban J connectivity index is 1.87. The van der Waals surface area contributed by atoms with E-state index >= 15 is 0 Å². The molecule has 2 nitrogen and oxygen atoms in total. The van der Waals surface area contributed by atoms with Crippen LogP contribution in [0.3, 0.4) is 0 Å². The highest BCUT2D eigenvalue weighted by Crippen LogP contribution is 2.34. The van der Waals surface area contributed by atoms with Crippen molar-refractivity contribution >= 4 is 11.6 Å². The molecule has 0 aliphatic carbocycles. The zero-order chi connectivity index (χ0) is 17.8. The highest BCUT2D eigenvalue weighted by atomic mass is 35.5. The fourth-order valence-electron chi connectivity index (χ4n) is 3.16. The van der Waals surface area contributed by atoms with E-state index in [4.69, 9.17) is 21.1 Å². The first kappa shape index (κ1) is 18.0. The number of ether oxygens (including phenoxy) is 2. The Morgan fingerprint density at radius 2 is 2.08 bits per heavy atom. The predicted molar refractivity (Wildman–Crippen MR) is 99.9 cm³/mol. The lowest BCUT2D eigenvalue weighted by atomic mass is 9.94. The highest BCUT2D eigenvalue weighted by Gasteiger charge is 2.18. The molecule has 0 bridgehead atoms. The molecule has 1 aliphatic heterocycles. The summed E-state index contributed by atoms with van der Waals surface area (Å²) in [5.41, 5.74) is 4.45. The van der Waals surface area contributed by atoms with E-state index in [0.29, 0.717) is 24.7 Å². The normalized spacial score (nSPS) is 16.9. The van der Waals surface area contributed by atoms with Crippen molar-refractivity contribution in [3.8, 4) is 16.9 Å². The smallest absolute Gasteiger partial charge is 0.168 e. The second-order valence-corrected chi connectivity index (χ2v) is 6.58. The third-order valence-electron chi connectivity index (χ3n) is 4.45. The Kier molecular flexibility index (Phi) is 5.77. The van der Waals surface area contributed by atoms with E-state index in [1.807, 2.05) is 37.3 Å². The molecule has 0 N–H and O–H groups in total. The number of halogens is 2. The molecule has 2 aromatic carbocycles. The van der Waals surface area contributed by atoms with Gasteiger partial charge in [-0.3, -0.25) is 0 Å². The van der Waals surface area contributed by atoms with Crippen LogP contribution < -0.4 is 4.74 Å². The molecule has 0 unspecified atom stereocenters. The number of aryl methyl sites for hydroxylation is 1. The molecule has 0 saturated carbocycles. The van der Waals surface area contributed by atoms with Crippen molar-refractivity contribution in [3.05, 3.63) is 65.0 Å². The first-order chi connectivity index (χ1) is 12.1. The zero-order valence-electron chi connectivity index (χ0n) is 14.5. The van der Waals surface area contributed by atoms with Gasteiger partial charge in [0.25, 0.3) is 0 Å². The van der Waals surface area contributed by atoms with E-state index in [9.17, 15) is 4.39 Å². The van der Waals surface area contributed by atoms with Crippen molar-refractivity contribution < 1.29 is 13.9 Å². The van der Waals surface area contributed by atoms with E-state index in [-0.39, 0.29) is 17.7 Å². The molecule has 4 heteroatoms. The van der Waals surface area contributed by atoms with Gasteiger partial charge >= 0.3 is 0 Å². The summed E-state index contributed by atoms with van der Waals surface area (Å²) in [7, 11) is 0. The van der Waals surface area contributed by atoms with Gasteiger partial charge in [-0.05, 0) is 60.2 Å². The second kappa shape index (κ2) is 8.03. The molecule has 132 valence electrons. The van der Waals surface area contributed by atoms with Gasteiger partial charge in [-0.1, -0.05) is 30.4 Å². The monoisotopic (exact) mass is 360 g/mol. The van der Waals surface area contributed by atoms with Crippen molar-refractivity contribution in [1.82, 2.24) is 0 Å². The maximum absolute atomic E-state index is 14.9. The van der Waals surface area contributed by atoms with E-state index in [1.165, 1.54) is 0 Å². The maximum Gasteiger partial charge on any atom is 0.168 e. The molecular weight excluding hydrogens is 339 g/mol. The van der Waals surface area contributed by atoms with Crippen LogP contribution in [0, 0.1) is 19.7 Å². The maximum atomic E-state index is 14.9. The molecule has 0 aromatic heterocycles. The van der Waals surface area contributed by atoms with Crippen molar-refractivity contribution in [1.29, 1.82) is 0 Å². The molecule has 0 saturated heterocycles. The summed E-state index contributed by atoms with van der Waals surface area (Å²) in [6, 6.07) is 9.66. The van der Waals surface area contributed by atoms with Gasteiger partial charge in [0, 0.05) is 5.88 Å². The molecule has 0 radical (unpaired) electrons.